The summed E-state index contributed by atoms with van der Waals surface area (Å²) in [6.45, 7) is 0. The SMILES string of the molecule is COc1ccc(-c2cncc(C#N)c2Nc2ccc3ccccc3c2)cc1OC. The molecule has 142 valence electrons. The Labute approximate surface area is 169 Å². The van der Waals surface area contributed by atoms with E-state index < -0.39 is 0 Å². The van der Waals surface area contributed by atoms with Gasteiger partial charge in [0.05, 0.1) is 25.5 Å². The van der Waals surface area contributed by atoms with E-state index in [4.69, 9.17) is 9.47 Å². The molecule has 1 heterocycles. The number of methoxy groups -OCH3 is 2. The zero-order chi connectivity index (χ0) is 20.2. The van der Waals surface area contributed by atoms with Crippen LogP contribution in [0.25, 0.3) is 21.9 Å². The van der Waals surface area contributed by atoms with Gasteiger partial charge >= 0.3 is 0 Å². The van der Waals surface area contributed by atoms with Crippen LogP contribution in [-0.2, 0) is 0 Å². The van der Waals surface area contributed by atoms with Gasteiger partial charge in [-0.2, -0.15) is 5.26 Å². The van der Waals surface area contributed by atoms with E-state index in [1.54, 1.807) is 26.6 Å². The first kappa shape index (κ1) is 18.3. The van der Waals surface area contributed by atoms with Crippen molar-refractivity contribution in [3.63, 3.8) is 0 Å². The van der Waals surface area contributed by atoms with E-state index in [1.807, 2.05) is 36.4 Å². The Hall–Kier alpha value is -4.04. The van der Waals surface area contributed by atoms with Crippen molar-refractivity contribution < 1.29 is 9.47 Å². The highest BCUT2D eigenvalue weighted by Gasteiger charge is 2.14. The van der Waals surface area contributed by atoms with E-state index >= 15 is 0 Å². The van der Waals surface area contributed by atoms with Crippen molar-refractivity contribution in [2.45, 2.75) is 0 Å². The van der Waals surface area contributed by atoms with Crippen LogP contribution in [0.4, 0.5) is 11.4 Å². The fraction of sp³-hybridized carbons (Fsp3) is 0.0833. The van der Waals surface area contributed by atoms with Gasteiger partial charge in [0, 0.05) is 23.6 Å². The number of rotatable bonds is 5. The van der Waals surface area contributed by atoms with Crippen molar-refractivity contribution in [1.29, 1.82) is 5.26 Å². The summed E-state index contributed by atoms with van der Waals surface area (Å²) in [4.78, 5) is 4.25. The van der Waals surface area contributed by atoms with Crippen molar-refractivity contribution in [3.8, 4) is 28.7 Å². The number of aromatic nitrogens is 1. The maximum Gasteiger partial charge on any atom is 0.161 e. The third-order valence-corrected chi connectivity index (χ3v) is 4.78. The summed E-state index contributed by atoms with van der Waals surface area (Å²) in [5.41, 5.74) is 3.73. The fourth-order valence-corrected chi connectivity index (χ4v) is 3.31. The summed E-state index contributed by atoms with van der Waals surface area (Å²) in [7, 11) is 3.20. The third-order valence-electron chi connectivity index (χ3n) is 4.78. The van der Waals surface area contributed by atoms with E-state index in [-0.39, 0.29) is 0 Å². The molecule has 3 aromatic carbocycles. The zero-order valence-electron chi connectivity index (χ0n) is 16.1. The lowest BCUT2D eigenvalue weighted by atomic mass is 10.0. The molecule has 0 atom stereocenters. The van der Waals surface area contributed by atoms with Gasteiger partial charge in [-0.3, -0.25) is 4.98 Å². The van der Waals surface area contributed by atoms with Crippen molar-refractivity contribution >= 4 is 22.1 Å². The number of anilines is 2. The van der Waals surface area contributed by atoms with E-state index in [0.29, 0.717) is 22.7 Å². The minimum Gasteiger partial charge on any atom is -0.493 e. The highest BCUT2D eigenvalue weighted by Crippen LogP contribution is 2.37. The summed E-state index contributed by atoms with van der Waals surface area (Å²) in [5.74, 6) is 1.26. The van der Waals surface area contributed by atoms with Crippen LogP contribution in [0.3, 0.4) is 0 Å². The number of ether oxygens (including phenoxy) is 2. The first-order chi connectivity index (χ1) is 14.2. The Morgan fingerprint density at radius 2 is 1.66 bits per heavy atom. The second-order valence-corrected chi connectivity index (χ2v) is 6.48. The van der Waals surface area contributed by atoms with Crippen LogP contribution in [0.2, 0.25) is 0 Å². The molecule has 0 aliphatic heterocycles. The zero-order valence-corrected chi connectivity index (χ0v) is 16.1. The van der Waals surface area contributed by atoms with Gasteiger partial charge in [-0.25, -0.2) is 0 Å². The quantitative estimate of drug-likeness (QED) is 0.492. The Morgan fingerprint density at radius 1 is 0.862 bits per heavy atom. The van der Waals surface area contributed by atoms with Crippen molar-refractivity contribution in [2.24, 2.45) is 0 Å². The summed E-state index contributed by atoms with van der Waals surface area (Å²) in [6, 6.07) is 22.2. The topological polar surface area (TPSA) is 67.2 Å². The molecular formula is C24H19N3O2. The summed E-state index contributed by atoms with van der Waals surface area (Å²) in [5, 5.41) is 15.3. The maximum atomic E-state index is 9.65. The molecule has 0 saturated heterocycles. The normalized spacial score (nSPS) is 10.4. The number of fused-ring (bicyclic) bond motifs is 1. The van der Waals surface area contributed by atoms with Crippen LogP contribution in [-0.4, -0.2) is 19.2 Å². The number of nitriles is 1. The molecule has 0 bridgehead atoms. The average molecular weight is 381 g/mol. The van der Waals surface area contributed by atoms with Crippen LogP contribution in [0, 0.1) is 11.3 Å². The van der Waals surface area contributed by atoms with Crippen LogP contribution >= 0.6 is 0 Å². The van der Waals surface area contributed by atoms with E-state index in [9.17, 15) is 5.26 Å². The fourth-order valence-electron chi connectivity index (χ4n) is 3.31. The third kappa shape index (κ3) is 3.56. The number of benzene rings is 3. The lowest BCUT2D eigenvalue weighted by Gasteiger charge is -2.15. The van der Waals surface area contributed by atoms with Gasteiger partial charge in [0.15, 0.2) is 11.5 Å². The van der Waals surface area contributed by atoms with E-state index in [2.05, 4.69) is 40.6 Å². The number of hydrogen-bond donors (Lipinski definition) is 1. The molecule has 5 nitrogen and oxygen atoms in total. The van der Waals surface area contributed by atoms with Gasteiger partial charge < -0.3 is 14.8 Å². The monoisotopic (exact) mass is 381 g/mol. The van der Waals surface area contributed by atoms with Crippen LogP contribution < -0.4 is 14.8 Å². The number of hydrogen-bond acceptors (Lipinski definition) is 5. The van der Waals surface area contributed by atoms with Crippen LogP contribution in [0.5, 0.6) is 11.5 Å². The van der Waals surface area contributed by atoms with Gasteiger partial charge in [0.2, 0.25) is 0 Å². The number of pyridine rings is 1. The predicted molar refractivity (Wildman–Crippen MR) is 115 cm³/mol. The Kier molecular flexibility index (Phi) is 5.00. The molecule has 0 unspecified atom stereocenters. The molecule has 0 aliphatic carbocycles. The van der Waals surface area contributed by atoms with E-state index in [0.717, 1.165) is 27.6 Å². The van der Waals surface area contributed by atoms with Gasteiger partial charge in [-0.15, -0.1) is 0 Å². The molecule has 0 saturated carbocycles. The average Bonchev–Trinajstić information content (AvgIpc) is 2.78. The number of nitrogens with zero attached hydrogens (tertiary/aromatic N) is 2. The highest BCUT2D eigenvalue weighted by molar-refractivity contribution is 5.89. The first-order valence-corrected chi connectivity index (χ1v) is 9.10. The molecule has 0 aliphatic rings. The molecule has 1 N–H and O–H groups in total. The number of nitrogens with one attached hydrogen (secondary N) is 1. The molecule has 0 fully saturated rings. The smallest absolute Gasteiger partial charge is 0.161 e. The lowest BCUT2D eigenvalue weighted by molar-refractivity contribution is 0.355. The molecule has 4 aromatic rings. The Balaban J connectivity index is 1.81. The highest BCUT2D eigenvalue weighted by atomic mass is 16.5. The minimum absolute atomic E-state index is 0.463. The molecule has 5 heteroatoms. The maximum absolute atomic E-state index is 9.65. The second-order valence-electron chi connectivity index (χ2n) is 6.48. The predicted octanol–water partition coefficient (Wildman–Crippen LogP) is 5.53. The molecule has 0 radical (unpaired) electrons. The van der Waals surface area contributed by atoms with Crippen molar-refractivity contribution in [3.05, 3.63) is 78.6 Å². The molecule has 29 heavy (non-hydrogen) atoms. The standard InChI is InChI=1S/C24H19N3O2/c1-28-22-10-8-18(12-23(22)29-2)21-15-26-14-19(13-25)24(21)27-20-9-7-16-5-3-4-6-17(16)11-20/h3-12,14-15H,1-2H3,(H,26,27). The second kappa shape index (κ2) is 7.91. The molecular weight excluding hydrogens is 362 g/mol. The summed E-state index contributed by atoms with van der Waals surface area (Å²) in [6.07, 6.45) is 3.30. The lowest BCUT2D eigenvalue weighted by Crippen LogP contribution is -1.99. The summed E-state index contributed by atoms with van der Waals surface area (Å²) < 4.78 is 10.8. The van der Waals surface area contributed by atoms with Gasteiger partial charge in [0.1, 0.15) is 6.07 Å². The Bertz CT molecular complexity index is 1230. The van der Waals surface area contributed by atoms with Crippen LogP contribution in [0.15, 0.2) is 73.1 Å². The summed E-state index contributed by atoms with van der Waals surface area (Å²) >= 11 is 0. The van der Waals surface area contributed by atoms with Crippen molar-refractivity contribution in [2.75, 3.05) is 19.5 Å². The largest absolute Gasteiger partial charge is 0.493 e. The van der Waals surface area contributed by atoms with Gasteiger partial charge in [0.25, 0.3) is 0 Å². The molecule has 1 aromatic heterocycles. The minimum atomic E-state index is 0.463. The molecule has 4 rings (SSSR count). The van der Waals surface area contributed by atoms with Crippen LogP contribution in [0.1, 0.15) is 5.56 Å². The Morgan fingerprint density at radius 3 is 2.41 bits per heavy atom. The first-order valence-electron chi connectivity index (χ1n) is 9.10. The molecule has 0 spiro atoms. The van der Waals surface area contributed by atoms with Gasteiger partial charge in [-0.05, 0) is 40.6 Å². The van der Waals surface area contributed by atoms with E-state index in [1.165, 1.54) is 0 Å². The molecule has 0 amide bonds. The van der Waals surface area contributed by atoms with Crippen molar-refractivity contribution in [1.82, 2.24) is 4.98 Å². The van der Waals surface area contributed by atoms with Gasteiger partial charge in [-0.1, -0.05) is 36.4 Å².